The normalized spacial score (nSPS) is 14.8. The van der Waals surface area contributed by atoms with Crippen molar-refractivity contribution in [2.45, 2.75) is 12.3 Å². The van der Waals surface area contributed by atoms with Gasteiger partial charge in [-0.15, -0.1) is 0 Å². The second-order valence-electron chi connectivity index (χ2n) is 7.06. The summed E-state index contributed by atoms with van der Waals surface area (Å²) in [5.74, 6) is -1.75. The van der Waals surface area contributed by atoms with E-state index >= 15 is 0 Å². The van der Waals surface area contributed by atoms with Crippen LogP contribution in [0.4, 0.5) is 23.1 Å². The van der Waals surface area contributed by atoms with Gasteiger partial charge in [0.05, 0.1) is 35.0 Å². The SMILES string of the molecule is COc1ccc(Cl)cc1NC(=O)[C@H]1CC(=O)Nc2nc(Nc3ccc(Cl)cc3Cl)[nH]c(=O)c21. The largest absolute Gasteiger partial charge is 0.495 e. The lowest BCUT2D eigenvalue weighted by Crippen LogP contribution is -2.36. The molecule has 3 aromatic rings. The van der Waals surface area contributed by atoms with Gasteiger partial charge in [0.2, 0.25) is 17.8 Å². The van der Waals surface area contributed by atoms with E-state index in [2.05, 4.69) is 25.9 Å². The van der Waals surface area contributed by atoms with Crippen molar-refractivity contribution in [1.29, 1.82) is 0 Å². The summed E-state index contributed by atoms with van der Waals surface area (Å²) in [5.41, 5.74) is 0.183. The van der Waals surface area contributed by atoms with Crippen molar-refractivity contribution >= 4 is 69.8 Å². The monoisotopic (exact) mass is 507 g/mol. The summed E-state index contributed by atoms with van der Waals surface area (Å²) < 4.78 is 5.23. The number of hydrogen-bond acceptors (Lipinski definition) is 6. The Hall–Kier alpha value is -3.27. The first kappa shape index (κ1) is 22.9. The molecule has 0 saturated heterocycles. The molecule has 1 aliphatic rings. The first-order valence-corrected chi connectivity index (χ1v) is 10.7. The Balaban J connectivity index is 1.66. The Morgan fingerprint density at radius 3 is 2.55 bits per heavy atom. The molecule has 0 fully saturated rings. The minimum Gasteiger partial charge on any atom is -0.495 e. The highest BCUT2D eigenvalue weighted by molar-refractivity contribution is 6.36. The fourth-order valence-electron chi connectivity index (χ4n) is 3.37. The fraction of sp³-hybridized carbons (Fsp3) is 0.143. The number of rotatable bonds is 5. The van der Waals surface area contributed by atoms with Crippen LogP contribution in [0.1, 0.15) is 17.9 Å². The van der Waals surface area contributed by atoms with E-state index in [1.165, 1.54) is 19.2 Å². The van der Waals surface area contributed by atoms with Crippen molar-refractivity contribution < 1.29 is 14.3 Å². The quantitative estimate of drug-likeness (QED) is 0.401. The molecule has 0 unspecified atom stereocenters. The number of amides is 2. The number of methoxy groups -OCH3 is 1. The van der Waals surface area contributed by atoms with Gasteiger partial charge in [0, 0.05) is 16.5 Å². The summed E-state index contributed by atoms with van der Waals surface area (Å²) in [4.78, 5) is 45.1. The van der Waals surface area contributed by atoms with Crippen LogP contribution in [-0.4, -0.2) is 28.9 Å². The number of aromatic amines is 1. The lowest BCUT2D eigenvalue weighted by Gasteiger charge is -2.24. The van der Waals surface area contributed by atoms with E-state index in [0.29, 0.717) is 32.2 Å². The van der Waals surface area contributed by atoms with Crippen LogP contribution in [0.5, 0.6) is 5.75 Å². The number of ether oxygens (including phenoxy) is 1. The van der Waals surface area contributed by atoms with Crippen molar-refractivity contribution in [3.05, 3.63) is 67.4 Å². The average molecular weight is 509 g/mol. The van der Waals surface area contributed by atoms with E-state index in [4.69, 9.17) is 39.5 Å². The van der Waals surface area contributed by atoms with Crippen molar-refractivity contribution in [3.63, 3.8) is 0 Å². The third-order valence-electron chi connectivity index (χ3n) is 4.87. The van der Waals surface area contributed by atoms with Gasteiger partial charge in [-0.1, -0.05) is 34.8 Å². The number of hydrogen-bond donors (Lipinski definition) is 4. The number of halogens is 3. The van der Waals surface area contributed by atoms with E-state index in [0.717, 1.165) is 0 Å². The molecular formula is C21H16Cl3N5O4. The van der Waals surface area contributed by atoms with Crippen LogP contribution in [-0.2, 0) is 9.59 Å². The number of carbonyl (C=O) groups excluding carboxylic acids is 2. The molecule has 0 saturated carbocycles. The first-order chi connectivity index (χ1) is 15.7. The molecule has 2 aromatic carbocycles. The maximum Gasteiger partial charge on any atom is 0.258 e. The van der Waals surface area contributed by atoms with E-state index in [1.54, 1.807) is 24.3 Å². The number of H-pyrrole nitrogens is 1. The molecule has 33 heavy (non-hydrogen) atoms. The van der Waals surface area contributed by atoms with Crippen molar-refractivity contribution in [2.24, 2.45) is 0 Å². The molecule has 2 heterocycles. The van der Waals surface area contributed by atoms with Crippen LogP contribution in [0.15, 0.2) is 41.2 Å². The highest BCUT2D eigenvalue weighted by atomic mass is 35.5. The number of aromatic nitrogens is 2. The minimum absolute atomic E-state index is 0.0270. The van der Waals surface area contributed by atoms with Gasteiger partial charge in [0.15, 0.2) is 0 Å². The smallest absolute Gasteiger partial charge is 0.258 e. The lowest BCUT2D eigenvalue weighted by atomic mass is 9.92. The second kappa shape index (κ2) is 9.30. The average Bonchev–Trinajstić information content (AvgIpc) is 2.75. The lowest BCUT2D eigenvalue weighted by molar-refractivity contribution is -0.123. The summed E-state index contributed by atoms with van der Waals surface area (Å²) in [6, 6.07) is 9.45. The summed E-state index contributed by atoms with van der Waals surface area (Å²) >= 11 is 18.1. The first-order valence-electron chi connectivity index (χ1n) is 9.55. The van der Waals surface area contributed by atoms with E-state index in [-0.39, 0.29) is 23.8 Å². The number of benzene rings is 2. The molecule has 1 aromatic heterocycles. The van der Waals surface area contributed by atoms with Gasteiger partial charge >= 0.3 is 0 Å². The molecule has 1 aliphatic heterocycles. The van der Waals surface area contributed by atoms with Gasteiger partial charge in [0.1, 0.15) is 11.6 Å². The summed E-state index contributed by atoms with van der Waals surface area (Å²) in [6.45, 7) is 0. The Labute approximate surface area is 202 Å². The van der Waals surface area contributed by atoms with Gasteiger partial charge < -0.3 is 20.7 Å². The Morgan fingerprint density at radius 2 is 1.82 bits per heavy atom. The Kier molecular flexibility index (Phi) is 6.46. The van der Waals surface area contributed by atoms with E-state index in [1.807, 2.05) is 0 Å². The number of nitrogens with zero attached hydrogens (tertiary/aromatic N) is 1. The number of nitrogens with one attached hydrogen (secondary N) is 4. The highest BCUT2D eigenvalue weighted by Gasteiger charge is 2.35. The summed E-state index contributed by atoms with van der Waals surface area (Å²) in [7, 11) is 1.44. The molecule has 0 aliphatic carbocycles. The maximum absolute atomic E-state index is 13.0. The zero-order chi connectivity index (χ0) is 23.7. The molecule has 1 atom stereocenters. The van der Waals surface area contributed by atoms with Gasteiger partial charge in [-0.3, -0.25) is 19.4 Å². The predicted molar refractivity (Wildman–Crippen MR) is 127 cm³/mol. The van der Waals surface area contributed by atoms with Gasteiger partial charge in [0.25, 0.3) is 5.56 Å². The molecule has 0 spiro atoms. The van der Waals surface area contributed by atoms with Crippen molar-refractivity contribution in [3.8, 4) is 5.75 Å². The number of carbonyl (C=O) groups is 2. The minimum atomic E-state index is -1.08. The number of anilines is 4. The van der Waals surface area contributed by atoms with Crippen molar-refractivity contribution in [2.75, 3.05) is 23.1 Å². The topological polar surface area (TPSA) is 125 Å². The molecule has 0 radical (unpaired) electrons. The molecule has 4 rings (SSSR count). The van der Waals surface area contributed by atoms with E-state index in [9.17, 15) is 14.4 Å². The van der Waals surface area contributed by atoms with Crippen LogP contribution in [0.25, 0.3) is 0 Å². The van der Waals surface area contributed by atoms with Crippen LogP contribution in [0.2, 0.25) is 15.1 Å². The Morgan fingerprint density at radius 1 is 1.09 bits per heavy atom. The number of fused-ring (bicyclic) bond motifs is 1. The predicted octanol–water partition coefficient (Wildman–Crippen LogP) is 4.55. The molecule has 4 N–H and O–H groups in total. The molecule has 12 heteroatoms. The summed E-state index contributed by atoms with van der Waals surface area (Å²) in [5, 5.41) is 9.21. The van der Waals surface area contributed by atoms with Crippen LogP contribution >= 0.6 is 34.8 Å². The zero-order valence-corrected chi connectivity index (χ0v) is 19.2. The van der Waals surface area contributed by atoms with Gasteiger partial charge in [-0.2, -0.15) is 4.98 Å². The molecular weight excluding hydrogens is 493 g/mol. The fourth-order valence-corrected chi connectivity index (χ4v) is 4.00. The third-order valence-corrected chi connectivity index (χ3v) is 5.65. The van der Waals surface area contributed by atoms with Crippen molar-refractivity contribution in [1.82, 2.24) is 9.97 Å². The van der Waals surface area contributed by atoms with Crippen LogP contribution in [0, 0.1) is 0 Å². The molecule has 0 bridgehead atoms. The van der Waals surface area contributed by atoms with Gasteiger partial charge in [-0.25, -0.2) is 0 Å². The second-order valence-corrected chi connectivity index (χ2v) is 8.34. The third kappa shape index (κ3) is 4.90. The van der Waals surface area contributed by atoms with Gasteiger partial charge in [-0.05, 0) is 36.4 Å². The van der Waals surface area contributed by atoms with Crippen LogP contribution in [0.3, 0.4) is 0 Å². The Bertz CT molecular complexity index is 1330. The highest BCUT2D eigenvalue weighted by Crippen LogP contribution is 2.33. The standard InChI is InChI=1S/C21H16Cl3N5O4/c1-33-15-5-3-10(23)7-14(15)25-19(31)11-8-16(30)27-18-17(11)20(32)29-21(28-18)26-13-4-2-9(22)6-12(13)24/h2-7,11H,8H2,1H3,(H,25,31)(H3,26,27,28,29,30,32)/t11-/m0/s1. The summed E-state index contributed by atoms with van der Waals surface area (Å²) in [6.07, 6.45) is -0.234. The molecule has 2 amide bonds. The zero-order valence-electron chi connectivity index (χ0n) is 17.0. The maximum atomic E-state index is 13.0. The molecule has 9 nitrogen and oxygen atoms in total. The van der Waals surface area contributed by atoms with Crippen LogP contribution < -0.4 is 26.2 Å². The van der Waals surface area contributed by atoms with E-state index < -0.39 is 23.3 Å². The molecule has 170 valence electrons.